The number of nitrogens with one attached hydrogen (secondary N) is 1. The van der Waals surface area contributed by atoms with Crippen LogP contribution in [0.5, 0.6) is 0 Å². The number of benzene rings is 1. The van der Waals surface area contributed by atoms with Crippen LogP contribution in [0.15, 0.2) is 34.8 Å². The number of anilines is 1. The molecule has 1 aliphatic rings. The normalized spacial score (nSPS) is 15.7. The van der Waals surface area contributed by atoms with Gasteiger partial charge in [0.1, 0.15) is 5.82 Å². The quantitative estimate of drug-likeness (QED) is 0.878. The van der Waals surface area contributed by atoms with Gasteiger partial charge in [-0.05, 0) is 24.3 Å². The van der Waals surface area contributed by atoms with Crippen LogP contribution >= 0.6 is 15.9 Å². The Kier molecular flexibility index (Phi) is 2.94. The lowest BCUT2D eigenvalue weighted by Gasteiger charge is -2.25. The number of aromatic nitrogens is 1. The Balaban J connectivity index is 2.01. The highest BCUT2D eigenvalue weighted by molar-refractivity contribution is 9.10. The van der Waals surface area contributed by atoms with Crippen molar-refractivity contribution >= 4 is 44.6 Å². The minimum Gasteiger partial charge on any atom is -0.278 e. The third kappa shape index (κ3) is 2.31. The van der Waals surface area contributed by atoms with E-state index < -0.39 is 6.03 Å². The van der Waals surface area contributed by atoms with Gasteiger partial charge in [-0.25, -0.2) is 9.78 Å². The molecule has 5 nitrogen and oxygen atoms in total. The smallest absolute Gasteiger partial charge is 0.278 e. The van der Waals surface area contributed by atoms with Crippen molar-refractivity contribution < 1.29 is 9.59 Å². The summed E-state index contributed by atoms with van der Waals surface area (Å²) in [5, 5.41) is 3.29. The van der Waals surface area contributed by atoms with Crippen LogP contribution in [-0.2, 0) is 4.79 Å². The first kappa shape index (κ1) is 12.1. The topological polar surface area (TPSA) is 62.3 Å². The van der Waals surface area contributed by atoms with E-state index in [9.17, 15) is 9.59 Å². The number of urea groups is 1. The van der Waals surface area contributed by atoms with Crippen molar-refractivity contribution in [2.45, 2.75) is 6.42 Å². The summed E-state index contributed by atoms with van der Waals surface area (Å²) >= 11 is 3.40. The van der Waals surface area contributed by atoms with E-state index in [4.69, 9.17) is 0 Å². The molecule has 3 rings (SSSR count). The predicted octanol–water partition coefficient (Wildman–Crippen LogP) is 2.44. The highest BCUT2D eigenvalue weighted by atomic mass is 79.9. The highest BCUT2D eigenvalue weighted by Gasteiger charge is 2.25. The summed E-state index contributed by atoms with van der Waals surface area (Å²) < 4.78 is 0.933. The number of pyridine rings is 1. The van der Waals surface area contributed by atoms with Crippen LogP contribution < -0.4 is 10.2 Å². The molecule has 0 spiro atoms. The SMILES string of the molecule is O=C1CCN(c2ccc3ccc(Br)cc3n2)C(=O)N1. The van der Waals surface area contributed by atoms with Crippen molar-refractivity contribution in [3.8, 4) is 0 Å². The molecule has 1 aromatic carbocycles. The lowest BCUT2D eigenvalue weighted by atomic mass is 10.2. The molecule has 0 aliphatic carbocycles. The number of hydrogen-bond donors (Lipinski definition) is 1. The number of fused-ring (bicyclic) bond motifs is 1. The van der Waals surface area contributed by atoms with E-state index in [2.05, 4.69) is 26.2 Å². The maximum absolute atomic E-state index is 11.8. The number of imide groups is 1. The summed E-state index contributed by atoms with van der Waals surface area (Å²) in [6.07, 6.45) is 0.296. The Bertz CT molecular complexity index is 687. The third-order valence-corrected chi connectivity index (χ3v) is 3.46. The fraction of sp³-hybridized carbons (Fsp3) is 0.154. The van der Waals surface area contributed by atoms with Crippen LogP contribution in [0.2, 0.25) is 0 Å². The second-order valence-electron chi connectivity index (χ2n) is 4.26. The fourth-order valence-corrected chi connectivity index (χ4v) is 2.36. The first-order valence-electron chi connectivity index (χ1n) is 5.81. The van der Waals surface area contributed by atoms with E-state index in [-0.39, 0.29) is 5.91 Å². The zero-order valence-corrected chi connectivity index (χ0v) is 11.5. The maximum atomic E-state index is 11.8. The summed E-state index contributed by atoms with van der Waals surface area (Å²) in [6, 6.07) is 9.06. The van der Waals surface area contributed by atoms with Crippen LogP contribution in [0.1, 0.15) is 6.42 Å². The van der Waals surface area contributed by atoms with Gasteiger partial charge in [-0.1, -0.05) is 22.0 Å². The summed E-state index contributed by atoms with van der Waals surface area (Å²) in [5.41, 5.74) is 0.802. The third-order valence-electron chi connectivity index (χ3n) is 2.97. The van der Waals surface area contributed by atoms with Gasteiger partial charge < -0.3 is 0 Å². The van der Waals surface area contributed by atoms with Gasteiger partial charge in [-0.2, -0.15) is 0 Å². The van der Waals surface area contributed by atoms with Crippen molar-refractivity contribution in [2.24, 2.45) is 0 Å². The Hall–Kier alpha value is -1.95. The van der Waals surface area contributed by atoms with E-state index >= 15 is 0 Å². The van der Waals surface area contributed by atoms with Gasteiger partial charge in [-0.15, -0.1) is 0 Å². The zero-order valence-electron chi connectivity index (χ0n) is 9.89. The molecule has 1 aliphatic heterocycles. The lowest BCUT2D eigenvalue weighted by molar-refractivity contribution is -0.120. The van der Waals surface area contributed by atoms with Crippen LogP contribution in [0, 0.1) is 0 Å². The van der Waals surface area contributed by atoms with Crippen LogP contribution in [0.4, 0.5) is 10.6 Å². The van der Waals surface area contributed by atoms with Crippen molar-refractivity contribution in [1.29, 1.82) is 0 Å². The van der Waals surface area contributed by atoms with Gasteiger partial charge in [-0.3, -0.25) is 15.0 Å². The molecule has 2 aromatic rings. The maximum Gasteiger partial charge on any atom is 0.329 e. The highest BCUT2D eigenvalue weighted by Crippen LogP contribution is 2.22. The molecule has 0 unspecified atom stereocenters. The fourth-order valence-electron chi connectivity index (χ4n) is 2.01. The van der Waals surface area contributed by atoms with Crippen LogP contribution in [0.25, 0.3) is 10.9 Å². The number of nitrogens with zero attached hydrogens (tertiary/aromatic N) is 2. The number of amides is 3. The number of rotatable bonds is 1. The Morgan fingerprint density at radius 3 is 2.79 bits per heavy atom. The van der Waals surface area contributed by atoms with Crippen molar-refractivity contribution in [3.63, 3.8) is 0 Å². The summed E-state index contributed by atoms with van der Waals surface area (Å²) in [5.74, 6) is 0.306. The largest absolute Gasteiger partial charge is 0.329 e. The molecule has 0 bridgehead atoms. The van der Waals surface area contributed by atoms with Crippen molar-refractivity contribution in [2.75, 3.05) is 11.4 Å². The summed E-state index contributed by atoms with van der Waals surface area (Å²) in [4.78, 5) is 28.8. The van der Waals surface area contributed by atoms with Gasteiger partial charge in [0.15, 0.2) is 0 Å². The molecule has 2 heterocycles. The molecule has 1 N–H and O–H groups in total. The minimum absolute atomic E-state index is 0.246. The Morgan fingerprint density at radius 1 is 1.21 bits per heavy atom. The number of carbonyl (C=O) groups excluding carboxylic acids is 2. The average Bonchev–Trinajstić information content (AvgIpc) is 2.38. The van der Waals surface area contributed by atoms with Crippen molar-refractivity contribution in [1.82, 2.24) is 10.3 Å². The molecule has 0 radical (unpaired) electrons. The standard InChI is InChI=1S/C13H10BrN3O2/c14-9-3-1-8-2-4-11(15-10(8)7-9)17-6-5-12(18)16-13(17)19/h1-4,7H,5-6H2,(H,16,18,19). The molecule has 0 atom stereocenters. The molecule has 1 fully saturated rings. The molecule has 1 aromatic heterocycles. The molecular weight excluding hydrogens is 310 g/mol. The number of halogens is 1. The van der Waals surface area contributed by atoms with E-state index in [1.165, 1.54) is 4.90 Å². The van der Waals surface area contributed by atoms with E-state index in [1.807, 2.05) is 24.3 Å². The molecule has 1 saturated heterocycles. The van der Waals surface area contributed by atoms with Crippen LogP contribution in [0.3, 0.4) is 0 Å². The van der Waals surface area contributed by atoms with Crippen molar-refractivity contribution in [3.05, 3.63) is 34.8 Å². The van der Waals surface area contributed by atoms with E-state index in [1.54, 1.807) is 6.07 Å². The first-order chi connectivity index (χ1) is 9.13. The Morgan fingerprint density at radius 2 is 2.00 bits per heavy atom. The van der Waals surface area contributed by atoms with Crippen LogP contribution in [-0.4, -0.2) is 23.5 Å². The Labute approximate surface area is 117 Å². The van der Waals surface area contributed by atoms with Gasteiger partial charge in [0.25, 0.3) is 0 Å². The molecule has 0 saturated carbocycles. The van der Waals surface area contributed by atoms with E-state index in [0.29, 0.717) is 18.8 Å². The molecular formula is C13H10BrN3O2. The second-order valence-corrected chi connectivity index (χ2v) is 5.18. The molecule has 19 heavy (non-hydrogen) atoms. The van der Waals surface area contributed by atoms with E-state index in [0.717, 1.165) is 15.4 Å². The second kappa shape index (κ2) is 4.62. The first-order valence-corrected chi connectivity index (χ1v) is 6.60. The van der Waals surface area contributed by atoms with Gasteiger partial charge in [0, 0.05) is 22.8 Å². The van der Waals surface area contributed by atoms with Gasteiger partial charge >= 0.3 is 6.03 Å². The lowest BCUT2D eigenvalue weighted by Crippen LogP contribution is -2.49. The van der Waals surface area contributed by atoms with Gasteiger partial charge in [0.2, 0.25) is 5.91 Å². The number of hydrogen-bond acceptors (Lipinski definition) is 3. The average molecular weight is 320 g/mol. The predicted molar refractivity (Wildman–Crippen MR) is 74.9 cm³/mol. The molecule has 6 heteroatoms. The minimum atomic E-state index is -0.418. The van der Waals surface area contributed by atoms with Gasteiger partial charge in [0.05, 0.1) is 5.52 Å². The summed E-state index contributed by atoms with van der Waals surface area (Å²) in [6.45, 7) is 0.358. The monoisotopic (exact) mass is 319 g/mol. The molecule has 3 amide bonds. The zero-order chi connectivity index (χ0) is 13.4. The molecule has 96 valence electrons. The summed E-state index contributed by atoms with van der Waals surface area (Å²) in [7, 11) is 0. The number of carbonyl (C=O) groups is 2.